The van der Waals surface area contributed by atoms with E-state index in [4.69, 9.17) is 0 Å². The number of rotatable bonds is 8. The van der Waals surface area contributed by atoms with E-state index in [0.717, 1.165) is 12.0 Å². The van der Waals surface area contributed by atoms with E-state index in [2.05, 4.69) is 47.8 Å². The van der Waals surface area contributed by atoms with Gasteiger partial charge >= 0.3 is 6.03 Å². The van der Waals surface area contributed by atoms with Crippen molar-refractivity contribution in [3.8, 4) is 0 Å². The van der Waals surface area contributed by atoms with Crippen molar-refractivity contribution in [3.63, 3.8) is 0 Å². The van der Waals surface area contributed by atoms with Crippen LogP contribution >= 0.6 is 0 Å². The second-order valence-corrected chi connectivity index (χ2v) is 8.77. The molecule has 0 saturated carbocycles. The number of nitrogens with one attached hydrogen (secondary N) is 3. The van der Waals surface area contributed by atoms with Gasteiger partial charge in [-0.15, -0.1) is 0 Å². The Morgan fingerprint density at radius 2 is 1.97 bits per heavy atom. The molecular weight excluding hydrogens is 364 g/mol. The van der Waals surface area contributed by atoms with Crippen LogP contribution in [0.4, 0.5) is 4.79 Å². The topological polar surface area (TPSA) is 83.1 Å². The van der Waals surface area contributed by atoms with Crippen LogP contribution in [0.3, 0.4) is 0 Å². The van der Waals surface area contributed by atoms with Gasteiger partial charge in [0.05, 0.1) is 0 Å². The average Bonchev–Trinajstić information content (AvgIpc) is 2.66. The highest BCUT2D eigenvalue weighted by molar-refractivity contribution is 5.76. The number of pyridine rings is 1. The van der Waals surface area contributed by atoms with Crippen molar-refractivity contribution in [1.29, 1.82) is 0 Å². The molecule has 0 fully saturated rings. The van der Waals surface area contributed by atoms with Crippen LogP contribution < -0.4 is 16.0 Å². The first-order valence-electron chi connectivity index (χ1n) is 10.6. The summed E-state index contributed by atoms with van der Waals surface area (Å²) in [5.74, 6) is 1.54. The fraction of sp³-hybridized carbons (Fsp3) is 0.609. The predicted molar refractivity (Wildman–Crippen MR) is 116 cm³/mol. The molecule has 0 bridgehead atoms. The molecule has 1 aliphatic rings. The lowest BCUT2D eigenvalue weighted by Crippen LogP contribution is -2.43. The summed E-state index contributed by atoms with van der Waals surface area (Å²) < 4.78 is 0. The van der Waals surface area contributed by atoms with E-state index in [-0.39, 0.29) is 23.9 Å². The molecule has 0 saturated heterocycles. The van der Waals surface area contributed by atoms with Crippen LogP contribution in [0.5, 0.6) is 0 Å². The summed E-state index contributed by atoms with van der Waals surface area (Å²) in [6.07, 6.45) is 7.24. The van der Waals surface area contributed by atoms with Gasteiger partial charge in [0, 0.05) is 37.9 Å². The maximum atomic E-state index is 12.5. The zero-order valence-electron chi connectivity index (χ0n) is 18.4. The summed E-state index contributed by atoms with van der Waals surface area (Å²) in [4.78, 5) is 28.5. The normalized spacial score (nSPS) is 21.6. The Hall–Kier alpha value is -2.37. The highest BCUT2D eigenvalue weighted by atomic mass is 16.2. The van der Waals surface area contributed by atoms with Crippen LogP contribution in [0.15, 0.2) is 36.2 Å². The minimum atomic E-state index is -0.120. The minimum absolute atomic E-state index is 0.0713. The van der Waals surface area contributed by atoms with E-state index in [9.17, 15) is 9.59 Å². The molecule has 0 aliphatic heterocycles. The van der Waals surface area contributed by atoms with Gasteiger partial charge in [-0.25, -0.2) is 4.79 Å². The van der Waals surface area contributed by atoms with Crippen molar-refractivity contribution in [3.05, 3.63) is 41.7 Å². The van der Waals surface area contributed by atoms with Crippen LogP contribution in [0.25, 0.3) is 0 Å². The van der Waals surface area contributed by atoms with Crippen LogP contribution in [-0.2, 0) is 11.3 Å². The van der Waals surface area contributed by atoms with Gasteiger partial charge in [-0.05, 0) is 62.5 Å². The summed E-state index contributed by atoms with van der Waals surface area (Å²) in [5, 5.41) is 8.88. The monoisotopic (exact) mass is 400 g/mol. The number of nitrogens with zero attached hydrogens (tertiary/aromatic N) is 1. The Bertz CT molecular complexity index is 700. The molecule has 0 spiro atoms. The third kappa shape index (κ3) is 7.52. The van der Waals surface area contributed by atoms with Gasteiger partial charge in [0.25, 0.3) is 0 Å². The van der Waals surface area contributed by atoms with Gasteiger partial charge < -0.3 is 16.0 Å². The van der Waals surface area contributed by atoms with Crippen molar-refractivity contribution in [2.45, 2.75) is 60.0 Å². The molecule has 1 heterocycles. The molecule has 160 valence electrons. The molecule has 29 heavy (non-hydrogen) atoms. The Kier molecular flexibility index (Phi) is 8.68. The molecule has 6 heteroatoms. The first-order valence-corrected chi connectivity index (χ1v) is 10.6. The summed E-state index contributed by atoms with van der Waals surface area (Å²) in [5.41, 5.74) is 2.25. The molecule has 0 radical (unpaired) electrons. The molecular formula is C23H36N4O2. The van der Waals surface area contributed by atoms with Crippen molar-refractivity contribution >= 4 is 11.9 Å². The van der Waals surface area contributed by atoms with E-state index in [1.54, 1.807) is 12.4 Å². The molecule has 1 aromatic rings. The van der Waals surface area contributed by atoms with Gasteiger partial charge in [-0.3, -0.25) is 9.78 Å². The third-order valence-electron chi connectivity index (χ3n) is 5.65. The van der Waals surface area contributed by atoms with Crippen molar-refractivity contribution in [2.24, 2.45) is 23.7 Å². The number of hydrogen-bond donors (Lipinski definition) is 3. The molecule has 3 amide bonds. The van der Waals surface area contributed by atoms with Crippen molar-refractivity contribution in [2.75, 3.05) is 6.54 Å². The lowest BCUT2D eigenvalue weighted by atomic mass is 9.70. The minimum Gasteiger partial charge on any atom is -0.352 e. The zero-order valence-corrected chi connectivity index (χ0v) is 18.4. The number of aromatic nitrogens is 1. The van der Waals surface area contributed by atoms with Gasteiger partial charge in [0.1, 0.15) is 0 Å². The number of carbonyl (C=O) groups is 2. The van der Waals surface area contributed by atoms with E-state index < -0.39 is 0 Å². The second kappa shape index (κ2) is 11.0. The van der Waals surface area contributed by atoms with Crippen molar-refractivity contribution in [1.82, 2.24) is 20.9 Å². The molecule has 1 aliphatic carbocycles. The van der Waals surface area contributed by atoms with Crippen LogP contribution in [0, 0.1) is 23.7 Å². The van der Waals surface area contributed by atoms with E-state index in [0.29, 0.717) is 37.3 Å². The number of carbonyl (C=O) groups excluding carboxylic acids is 2. The SMILES string of the molecule is CC1=C[C@@H](CNC(=O)NC(C)C)[C@H](C(C)C)C[C@H]1CC(=O)NCc1cccnc1. The fourth-order valence-corrected chi connectivity index (χ4v) is 4.03. The summed E-state index contributed by atoms with van der Waals surface area (Å²) in [6.45, 7) is 11.6. The average molecular weight is 401 g/mol. The highest BCUT2D eigenvalue weighted by Gasteiger charge is 2.32. The molecule has 2 rings (SSSR count). The standard InChI is InChI=1S/C23H36N4O2/c1-15(2)21-10-19(11-22(28)25-13-18-7-6-8-24-12-18)17(5)9-20(21)14-26-23(29)27-16(3)4/h6-9,12,15-16,19-21H,10-11,13-14H2,1-5H3,(H,25,28)(H2,26,27,29)/t19-,20-,21-/m0/s1. The van der Waals surface area contributed by atoms with E-state index >= 15 is 0 Å². The quantitative estimate of drug-likeness (QED) is 0.583. The predicted octanol–water partition coefficient (Wildman–Crippen LogP) is 3.65. The number of hydrogen-bond acceptors (Lipinski definition) is 3. The van der Waals surface area contributed by atoms with E-state index in [1.165, 1.54) is 5.57 Å². The molecule has 0 aromatic carbocycles. The molecule has 6 nitrogen and oxygen atoms in total. The maximum absolute atomic E-state index is 12.5. The van der Waals surface area contributed by atoms with Gasteiger partial charge in [0.2, 0.25) is 5.91 Å². The third-order valence-corrected chi connectivity index (χ3v) is 5.65. The van der Waals surface area contributed by atoms with Gasteiger partial charge in [0.15, 0.2) is 0 Å². The molecule has 1 aromatic heterocycles. The first kappa shape index (κ1) is 22.9. The molecule has 3 N–H and O–H groups in total. The van der Waals surface area contributed by atoms with Crippen LogP contribution in [-0.4, -0.2) is 29.5 Å². The van der Waals surface area contributed by atoms with Gasteiger partial charge in [-0.2, -0.15) is 0 Å². The maximum Gasteiger partial charge on any atom is 0.315 e. The fourth-order valence-electron chi connectivity index (χ4n) is 4.03. The summed E-state index contributed by atoms with van der Waals surface area (Å²) >= 11 is 0. The summed E-state index contributed by atoms with van der Waals surface area (Å²) in [6, 6.07) is 3.83. The number of amides is 3. The van der Waals surface area contributed by atoms with E-state index in [1.807, 2.05) is 26.0 Å². The Morgan fingerprint density at radius 3 is 2.59 bits per heavy atom. The smallest absolute Gasteiger partial charge is 0.315 e. The largest absolute Gasteiger partial charge is 0.352 e. The Labute approximate surface area is 174 Å². The van der Waals surface area contributed by atoms with Crippen LogP contribution in [0.1, 0.15) is 53.0 Å². The molecule has 0 unspecified atom stereocenters. The first-order chi connectivity index (χ1) is 13.8. The number of urea groups is 1. The second-order valence-electron chi connectivity index (χ2n) is 8.77. The number of allylic oxidation sites excluding steroid dienone is 1. The lowest BCUT2D eigenvalue weighted by molar-refractivity contribution is -0.122. The Morgan fingerprint density at radius 1 is 1.21 bits per heavy atom. The summed E-state index contributed by atoms with van der Waals surface area (Å²) in [7, 11) is 0. The Balaban J connectivity index is 1.93. The van der Waals surface area contributed by atoms with Crippen molar-refractivity contribution < 1.29 is 9.59 Å². The van der Waals surface area contributed by atoms with Gasteiger partial charge in [-0.1, -0.05) is 31.6 Å². The highest BCUT2D eigenvalue weighted by Crippen LogP contribution is 2.38. The zero-order chi connectivity index (χ0) is 21.4. The van der Waals surface area contributed by atoms with Crippen LogP contribution in [0.2, 0.25) is 0 Å². The lowest BCUT2D eigenvalue weighted by Gasteiger charge is -2.37. The molecule has 3 atom stereocenters.